The summed E-state index contributed by atoms with van der Waals surface area (Å²) >= 11 is 6.77. The minimum absolute atomic E-state index is 0.0801. The van der Waals surface area contributed by atoms with Crippen molar-refractivity contribution in [1.29, 1.82) is 0 Å². The number of ether oxygens (including phenoxy) is 1. The molecular formula is C32H41ClN5O3P. The summed E-state index contributed by atoms with van der Waals surface area (Å²) in [6.07, 6.45) is 6.62. The van der Waals surface area contributed by atoms with E-state index in [0.29, 0.717) is 34.5 Å². The number of benzene rings is 2. The van der Waals surface area contributed by atoms with Crippen molar-refractivity contribution in [3.8, 4) is 0 Å². The van der Waals surface area contributed by atoms with E-state index in [1.807, 2.05) is 63.2 Å². The number of para-hydroxylation sites is 1. The van der Waals surface area contributed by atoms with E-state index in [-0.39, 0.29) is 5.97 Å². The number of carbonyl (C=O) groups is 1. The van der Waals surface area contributed by atoms with Gasteiger partial charge in [-0.15, -0.1) is 0 Å². The van der Waals surface area contributed by atoms with Crippen LogP contribution in [-0.4, -0.2) is 48.0 Å². The van der Waals surface area contributed by atoms with E-state index in [1.54, 1.807) is 25.6 Å². The minimum Gasteiger partial charge on any atom is -0.460 e. The monoisotopic (exact) mass is 609 g/mol. The number of nitrogens with zero attached hydrogens (tertiary/aromatic N) is 3. The molecule has 2 aromatic carbocycles. The average Bonchev–Trinajstić information content (AvgIpc) is 2.87. The van der Waals surface area contributed by atoms with Crippen molar-refractivity contribution in [3.63, 3.8) is 0 Å². The van der Waals surface area contributed by atoms with Crippen molar-refractivity contribution in [3.05, 3.63) is 59.8 Å². The lowest BCUT2D eigenvalue weighted by Gasteiger charge is -2.52. The zero-order chi connectivity index (χ0) is 30.1. The summed E-state index contributed by atoms with van der Waals surface area (Å²) in [5.41, 5.74) is 2.52. The van der Waals surface area contributed by atoms with Crippen molar-refractivity contribution in [2.45, 2.75) is 58.5 Å². The second-order valence-corrected chi connectivity index (χ2v) is 16.7. The molecule has 1 saturated heterocycles. The van der Waals surface area contributed by atoms with Crippen LogP contribution in [0.2, 0.25) is 5.02 Å². The maximum atomic E-state index is 12.7. The second-order valence-electron chi connectivity index (χ2n) is 13.1. The molecule has 2 heterocycles. The van der Waals surface area contributed by atoms with Gasteiger partial charge in [-0.1, -0.05) is 23.7 Å². The first-order valence-corrected chi connectivity index (χ1v) is 17.5. The summed E-state index contributed by atoms with van der Waals surface area (Å²) in [5, 5.41) is 8.00. The fraction of sp³-hybridized carbons (Fsp3) is 0.469. The van der Waals surface area contributed by atoms with Crippen LogP contribution in [0.4, 0.5) is 28.8 Å². The Morgan fingerprint density at radius 3 is 2.48 bits per heavy atom. The third-order valence-electron chi connectivity index (χ3n) is 8.09. The molecule has 1 aliphatic carbocycles. The van der Waals surface area contributed by atoms with Crippen LogP contribution in [0.1, 0.15) is 52.9 Å². The van der Waals surface area contributed by atoms with Gasteiger partial charge in [-0.2, -0.15) is 4.98 Å². The van der Waals surface area contributed by atoms with E-state index >= 15 is 0 Å². The van der Waals surface area contributed by atoms with Gasteiger partial charge in [0.2, 0.25) is 5.95 Å². The molecule has 224 valence electrons. The van der Waals surface area contributed by atoms with Gasteiger partial charge in [0.1, 0.15) is 18.6 Å². The lowest BCUT2D eigenvalue weighted by atomic mass is 9.57. The Balaban J connectivity index is 1.16. The van der Waals surface area contributed by atoms with Crippen LogP contribution in [0.5, 0.6) is 0 Å². The molecule has 5 rings (SSSR count). The molecule has 0 atom stereocenters. The fourth-order valence-electron chi connectivity index (χ4n) is 6.20. The van der Waals surface area contributed by atoms with E-state index in [0.717, 1.165) is 61.1 Å². The highest BCUT2D eigenvalue weighted by molar-refractivity contribution is 7.70. The highest BCUT2D eigenvalue weighted by atomic mass is 35.5. The number of anilines is 5. The summed E-state index contributed by atoms with van der Waals surface area (Å²) in [6.45, 7) is 11.2. The molecule has 0 unspecified atom stereocenters. The number of halogens is 1. The highest BCUT2D eigenvalue weighted by Gasteiger charge is 2.46. The van der Waals surface area contributed by atoms with Crippen molar-refractivity contribution in [2.75, 3.05) is 42.0 Å². The predicted octanol–water partition coefficient (Wildman–Crippen LogP) is 7.59. The first kappa shape index (κ1) is 30.4. The van der Waals surface area contributed by atoms with E-state index < -0.39 is 12.7 Å². The van der Waals surface area contributed by atoms with Gasteiger partial charge in [-0.25, -0.2) is 4.98 Å². The Hall–Kier alpha value is -3.09. The molecule has 3 aromatic rings. The molecule has 2 aliphatic rings. The molecule has 0 bridgehead atoms. The van der Waals surface area contributed by atoms with Crippen molar-refractivity contribution in [1.82, 2.24) is 9.97 Å². The molecule has 10 heteroatoms. The normalized spacial score (nSPS) is 17.0. The second kappa shape index (κ2) is 11.9. The summed E-state index contributed by atoms with van der Waals surface area (Å²) < 4.78 is 18.2. The topological polar surface area (TPSA) is 96.5 Å². The van der Waals surface area contributed by atoms with Gasteiger partial charge in [0.05, 0.1) is 16.4 Å². The molecule has 42 heavy (non-hydrogen) atoms. The van der Waals surface area contributed by atoms with Gasteiger partial charge in [0, 0.05) is 36.7 Å². The van der Waals surface area contributed by atoms with Crippen LogP contribution in [0.25, 0.3) is 0 Å². The van der Waals surface area contributed by atoms with Gasteiger partial charge < -0.3 is 24.8 Å². The quantitative estimate of drug-likeness (QED) is 0.199. The Kier molecular flexibility index (Phi) is 8.60. The highest BCUT2D eigenvalue weighted by Crippen LogP contribution is 2.54. The van der Waals surface area contributed by atoms with Gasteiger partial charge in [-0.05, 0) is 108 Å². The summed E-state index contributed by atoms with van der Waals surface area (Å²) in [6, 6.07) is 15.3. The van der Waals surface area contributed by atoms with Crippen LogP contribution >= 0.6 is 18.7 Å². The standard InChI is InChI=1S/C32H41ClN5O3P/c1-31(2,3)41-29(39)18-22-20-32(21-22)13-16-38(17-14-32)26-11-10-23(19-24(26)33)35-30-34-15-12-28(37-30)36-25-8-6-7-9-27(25)42(4,5)40/h6-12,15,19,22H,13-14,16-18,20-21H2,1-5H3,(H2,34,35,36,37). The Labute approximate surface area is 254 Å². The molecule has 1 saturated carbocycles. The molecule has 1 spiro atoms. The van der Waals surface area contributed by atoms with Crippen LogP contribution in [0.3, 0.4) is 0 Å². The number of nitrogens with one attached hydrogen (secondary N) is 2. The Morgan fingerprint density at radius 2 is 1.81 bits per heavy atom. The van der Waals surface area contributed by atoms with Gasteiger partial charge in [0.15, 0.2) is 0 Å². The zero-order valence-electron chi connectivity index (χ0n) is 25.1. The van der Waals surface area contributed by atoms with Gasteiger partial charge >= 0.3 is 5.97 Å². The largest absolute Gasteiger partial charge is 0.460 e. The summed E-state index contributed by atoms with van der Waals surface area (Å²) in [7, 11) is -2.46. The van der Waals surface area contributed by atoms with Crippen LogP contribution < -0.4 is 20.8 Å². The number of rotatable bonds is 8. The molecule has 1 aliphatic heterocycles. The smallest absolute Gasteiger partial charge is 0.306 e. The third kappa shape index (κ3) is 7.45. The van der Waals surface area contributed by atoms with Crippen molar-refractivity contribution in [2.24, 2.45) is 11.3 Å². The number of hydrogen-bond donors (Lipinski definition) is 2. The predicted molar refractivity (Wildman–Crippen MR) is 173 cm³/mol. The maximum Gasteiger partial charge on any atom is 0.306 e. The lowest BCUT2D eigenvalue weighted by Crippen LogP contribution is -2.47. The van der Waals surface area contributed by atoms with E-state index in [9.17, 15) is 9.36 Å². The third-order valence-corrected chi connectivity index (χ3v) is 9.94. The van der Waals surface area contributed by atoms with Crippen LogP contribution in [-0.2, 0) is 14.1 Å². The van der Waals surface area contributed by atoms with Gasteiger partial charge in [0.25, 0.3) is 0 Å². The molecular weight excluding hydrogens is 569 g/mol. The summed E-state index contributed by atoms with van der Waals surface area (Å²) in [4.78, 5) is 23.5. The molecule has 0 amide bonds. The molecule has 2 N–H and O–H groups in total. The van der Waals surface area contributed by atoms with Crippen LogP contribution in [0.15, 0.2) is 54.7 Å². The molecule has 1 aromatic heterocycles. The minimum atomic E-state index is -2.46. The number of piperidine rings is 1. The maximum absolute atomic E-state index is 12.7. The fourth-order valence-corrected chi connectivity index (χ4v) is 7.66. The number of carbonyl (C=O) groups excluding carboxylic acids is 1. The van der Waals surface area contributed by atoms with E-state index in [2.05, 4.69) is 25.5 Å². The van der Waals surface area contributed by atoms with E-state index in [1.165, 1.54) is 0 Å². The molecule has 0 radical (unpaired) electrons. The van der Waals surface area contributed by atoms with Crippen molar-refractivity contribution >= 4 is 58.8 Å². The first-order chi connectivity index (χ1) is 19.8. The Morgan fingerprint density at radius 1 is 1.10 bits per heavy atom. The lowest BCUT2D eigenvalue weighted by molar-refractivity contribution is -0.158. The first-order valence-electron chi connectivity index (χ1n) is 14.6. The van der Waals surface area contributed by atoms with Crippen molar-refractivity contribution < 1.29 is 14.1 Å². The molecule has 2 fully saturated rings. The molecule has 8 nitrogen and oxygen atoms in total. The summed E-state index contributed by atoms with van der Waals surface area (Å²) in [5.74, 6) is 1.39. The number of aromatic nitrogens is 2. The SMILES string of the molecule is CC(C)(C)OC(=O)CC1CC2(CCN(c3ccc(Nc4nccc(Nc5ccccc5P(C)(C)=O)n4)cc3Cl)CC2)C1. The average molecular weight is 610 g/mol. The Bertz CT molecular complexity index is 1490. The number of hydrogen-bond acceptors (Lipinski definition) is 8. The number of esters is 1. The zero-order valence-corrected chi connectivity index (χ0v) is 26.8. The van der Waals surface area contributed by atoms with Gasteiger partial charge in [-0.3, -0.25) is 4.79 Å². The van der Waals surface area contributed by atoms with Crippen LogP contribution in [0, 0.1) is 11.3 Å². The van der Waals surface area contributed by atoms with E-state index in [4.69, 9.17) is 16.3 Å².